The summed E-state index contributed by atoms with van der Waals surface area (Å²) in [7, 11) is 0. The largest absolute Gasteiger partial charge is 0.486 e. The van der Waals surface area contributed by atoms with E-state index in [1.165, 1.54) is 16.8 Å². The molecule has 1 aliphatic heterocycles. The van der Waals surface area contributed by atoms with Crippen LogP contribution < -0.4 is 14.8 Å². The summed E-state index contributed by atoms with van der Waals surface area (Å²) in [5.74, 6) is 0.857. The molecular formula is C20H19FN4O3. The van der Waals surface area contributed by atoms with Gasteiger partial charge in [0.2, 0.25) is 0 Å². The maximum atomic E-state index is 13.0. The third kappa shape index (κ3) is 4.28. The lowest BCUT2D eigenvalue weighted by Gasteiger charge is -2.26. The minimum absolute atomic E-state index is 0.121. The molecule has 0 aliphatic carbocycles. The van der Waals surface area contributed by atoms with Crippen LogP contribution in [0.4, 0.5) is 4.39 Å². The van der Waals surface area contributed by atoms with Crippen LogP contribution in [0.25, 0.3) is 0 Å². The van der Waals surface area contributed by atoms with Crippen molar-refractivity contribution in [3.63, 3.8) is 0 Å². The molecular weight excluding hydrogens is 363 g/mol. The lowest BCUT2D eigenvalue weighted by Crippen LogP contribution is -2.34. The summed E-state index contributed by atoms with van der Waals surface area (Å²) in [5.41, 5.74) is 1.10. The number of benzene rings is 2. The summed E-state index contributed by atoms with van der Waals surface area (Å²) in [4.78, 5) is 12.2. The second-order valence-corrected chi connectivity index (χ2v) is 6.47. The molecule has 1 aliphatic rings. The zero-order chi connectivity index (χ0) is 19.3. The molecule has 7 nitrogen and oxygen atoms in total. The Balaban J connectivity index is 1.25. The van der Waals surface area contributed by atoms with Gasteiger partial charge >= 0.3 is 0 Å². The zero-order valence-electron chi connectivity index (χ0n) is 15.0. The highest BCUT2D eigenvalue weighted by Crippen LogP contribution is 2.31. The molecule has 2 aromatic carbocycles. The Bertz CT molecular complexity index is 958. The van der Waals surface area contributed by atoms with E-state index in [4.69, 9.17) is 9.47 Å². The summed E-state index contributed by atoms with van der Waals surface area (Å²) in [6.45, 7) is 1.29. The predicted octanol–water partition coefficient (Wildman–Crippen LogP) is 2.43. The number of amides is 1. The molecule has 8 heteroatoms. The number of carbonyl (C=O) groups is 1. The number of halogens is 1. The van der Waals surface area contributed by atoms with Crippen LogP contribution in [0.15, 0.2) is 54.7 Å². The van der Waals surface area contributed by atoms with Gasteiger partial charge in [-0.1, -0.05) is 29.5 Å². The van der Waals surface area contributed by atoms with E-state index in [0.717, 1.165) is 11.3 Å². The summed E-state index contributed by atoms with van der Waals surface area (Å²) in [5, 5.41) is 10.7. The molecule has 28 heavy (non-hydrogen) atoms. The minimum Gasteiger partial charge on any atom is -0.486 e. The fourth-order valence-electron chi connectivity index (χ4n) is 2.90. The van der Waals surface area contributed by atoms with Crippen molar-refractivity contribution in [3.8, 4) is 11.5 Å². The molecule has 144 valence electrons. The van der Waals surface area contributed by atoms with Crippen molar-refractivity contribution in [2.24, 2.45) is 0 Å². The average Bonchev–Trinajstić information content (AvgIpc) is 3.18. The first-order valence-electron chi connectivity index (χ1n) is 8.98. The Morgan fingerprint density at radius 1 is 1.18 bits per heavy atom. The highest BCUT2D eigenvalue weighted by molar-refractivity contribution is 5.91. The molecule has 0 fully saturated rings. The van der Waals surface area contributed by atoms with Crippen LogP contribution >= 0.6 is 0 Å². The molecule has 0 unspecified atom stereocenters. The lowest BCUT2D eigenvalue weighted by atomic mass is 10.2. The van der Waals surface area contributed by atoms with Crippen LogP contribution in [0.3, 0.4) is 0 Å². The van der Waals surface area contributed by atoms with Crippen LogP contribution in [0.2, 0.25) is 0 Å². The third-order valence-electron chi connectivity index (χ3n) is 4.35. The van der Waals surface area contributed by atoms with Crippen molar-refractivity contribution in [1.82, 2.24) is 20.3 Å². The Kier molecular flexibility index (Phi) is 5.18. The maximum Gasteiger partial charge on any atom is 0.273 e. The van der Waals surface area contributed by atoms with Crippen LogP contribution in [-0.2, 0) is 6.54 Å². The molecule has 0 radical (unpaired) electrons. The number of fused-ring (bicyclic) bond motifs is 1. The molecule has 1 aromatic heterocycles. The molecule has 1 amide bonds. The summed E-state index contributed by atoms with van der Waals surface area (Å²) in [6.07, 6.45) is 2.06. The van der Waals surface area contributed by atoms with E-state index in [0.29, 0.717) is 31.9 Å². The van der Waals surface area contributed by atoms with Crippen molar-refractivity contribution in [2.45, 2.75) is 19.1 Å². The summed E-state index contributed by atoms with van der Waals surface area (Å²) in [6, 6.07) is 13.6. The third-order valence-corrected chi connectivity index (χ3v) is 4.35. The number of hydrogen-bond acceptors (Lipinski definition) is 5. The predicted molar refractivity (Wildman–Crippen MR) is 98.8 cm³/mol. The van der Waals surface area contributed by atoms with Crippen LogP contribution in [0.1, 0.15) is 22.5 Å². The highest BCUT2D eigenvalue weighted by Gasteiger charge is 2.20. The van der Waals surface area contributed by atoms with E-state index < -0.39 is 0 Å². The Hall–Kier alpha value is -3.42. The molecule has 0 saturated carbocycles. The second kappa shape index (κ2) is 8.08. The molecule has 0 spiro atoms. The first kappa shape index (κ1) is 18.0. The number of hydrogen-bond donors (Lipinski definition) is 1. The molecule has 2 heterocycles. The van der Waals surface area contributed by atoms with E-state index in [1.807, 2.05) is 24.3 Å². The van der Waals surface area contributed by atoms with E-state index in [1.54, 1.807) is 18.3 Å². The van der Waals surface area contributed by atoms with Gasteiger partial charge in [0.25, 0.3) is 5.91 Å². The van der Waals surface area contributed by atoms with Gasteiger partial charge in [-0.25, -0.2) is 9.07 Å². The zero-order valence-corrected chi connectivity index (χ0v) is 15.0. The van der Waals surface area contributed by atoms with E-state index in [-0.39, 0.29) is 23.5 Å². The van der Waals surface area contributed by atoms with Crippen LogP contribution in [0, 0.1) is 5.82 Å². The van der Waals surface area contributed by atoms with Gasteiger partial charge < -0.3 is 14.8 Å². The topological polar surface area (TPSA) is 78.3 Å². The fraction of sp³-hybridized carbons (Fsp3) is 0.250. The lowest BCUT2D eigenvalue weighted by molar-refractivity contribution is 0.0811. The second-order valence-electron chi connectivity index (χ2n) is 6.47. The molecule has 1 atom stereocenters. The van der Waals surface area contributed by atoms with Gasteiger partial charge in [0.05, 0.1) is 12.7 Å². The van der Waals surface area contributed by atoms with E-state index in [2.05, 4.69) is 15.6 Å². The first-order valence-corrected chi connectivity index (χ1v) is 8.98. The standard InChI is InChI=1S/C20H19FN4O3/c21-15-7-5-14(6-8-15)11-25-12-17(23-24-25)20(26)22-10-9-16-13-27-18-3-1-2-4-19(18)28-16/h1-8,12,16H,9-11,13H2,(H,22,26)/t16-/m1/s1. The van der Waals surface area contributed by atoms with Gasteiger partial charge in [-0.3, -0.25) is 4.79 Å². The van der Waals surface area contributed by atoms with Crippen molar-refractivity contribution in [2.75, 3.05) is 13.2 Å². The van der Waals surface area contributed by atoms with Gasteiger partial charge in [0, 0.05) is 13.0 Å². The minimum atomic E-state index is -0.303. The Morgan fingerprint density at radius 2 is 1.96 bits per heavy atom. The van der Waals surface area contributed by atoms with Crippen LogP contribution in [0.5, 0.6) is 11.5 Å². The first-order chi connectivity index (χ1) is 13.7. The SMILES string of the molecule is O=C(NCC[C@@H]1COc2ccccc2O1)c1cn(Cc2ccc(F)cc2)nn1. The van der Waals surface area contributed by atoms with Gasteiger partial charge in [-0.2, -0.15) is 0 Å². The smallest absolute Gasteiger partial charge is 0.273 e. The van der Waals surface area contributed by atoms with Crippen molar-refractivity contribution in [1.29, 1.82) is 0 Å². The molecule has 3 aromatic rings. The van der Waals surface area contributed by atoms with Gasteiger partial charge in [0.15, 0.2) is 17.2 Å². The molecule has 0 saturated heterocycles. The van der Waals surface area contributed by atoms with Crippen LogP contribution in [-0.4, -0.2) is 40.2 Å². The van der Waals surface area contributed by atoms with Crippen molar-refractivity contribution in [3.05, 3.63) is 71.8 Å². The van der Waals surface area contributed by atoms with E-state index >= 15 is 0 Å². The Morgan fingerprint density at radius 3 is 2.79 bits per heavy atom. The number of carbonyl (C=O) groups excluding carboxylic acids is 1. The Labute approximate surface area is 161 Å². The number of para-hydroxylation sites is 2. The molecule has 1 N–H and O–H groups in total. The number of rotatable bonds is 6. The normalized spacial score (nSPS) is 15.2. The van der Waals surface area contributed by atoms with Gasteiger partial charge in [0.1, 0.15) is 18.5 Å². The average molecular weight is 382 g/mol. The maximum absolute atomic E-state index is 13.0. The number of nitrogens with one attached hydrogen (secondary N) is 1. The van der Waals surface area contributed by atoms with E-state index in [9.17, 15) is 9.18 Å². The molecule has 0 bridgehead atoms. The van der Waals surface area contributed by atoms with Gasteiger partial charge in [-0.15, -0.1) is 5.10 Å². The fourth-order valence-corrected chi connectivity index (χ4v) is 2.90. The summed E-state index contributed by atoms with van der Waals surface area (Å²) >= 11 is 0. The number of ether oxygens (including phenoxy) is 2. The number of nitrogens with zero attached hydrogens (tertiary/aromatic N) is 3. The highest BCUT2D eigenvalue weighted by atomic mass is 19.1. The molecule has 4 rings (SSSR count). The van der Waals surface area contributed by atoms with Crippen molar-refractivity contribution < 1.29 is 18.7 Å². The van der Waals surface area contributed by atoms with Crippen molar-refractivity contribution >= 4 is 5.91 Å². The quantitative estimate of drug-likeness (QED) is 0.708. The summed E-state index contributed by atoms with van der Waals surface area (Å²) < 4.78 is 26.0. The van der Waals surface area contributed by atoms with Gasteiger partial charge in [-0.05, 0) is 29.8 Å². The number of aromatic nitrogens is 3. The monoisotopic (exact) mass is 382 g/mol.